The summed E-state index contributed by atoms with van der Waals surface area (Å²) in [5.41, 5.74) is 0. The Labute approximate surface area is 136 Å². The molecule has 0 bridgehead atoms. The Hall–Kier alpha value is -0.690. The van der Waals surface area contributed by atoms with Crippen LogP contribution in [0, 0.1) is 11.7 Å². The standard InChI is InChI=1S/C15H22ClFN2O2S/c1-12-5-9-19(10-6-12)8-2-7-18-22(20,21)13-3-4-15(17)14(16)11-13/h3-4,11-12,18H,2,5-10H2,1H3. The molecule has 0 atom stereocenters. The van der Waals surface area contributed by atoms with Crippen molar-refractivity contribution in [3.8, 4) is 0 Å². The zero-order chi connectivity index (χ0) is 16.2. The zero-order valence-corrected chi connectivity index (χ0v) is 14.3. The van der Waals surface area contributed by atoms with E-state index in [2.05, 4.69) is 16.5 Å². The molecule has 7 heteroatoms. The monoisotopic (exact) mass is 348 g/mol. The van der Waals surface area contributed by atoms with Crippen LogP contribution in [0.1, 0.15) is 26.2 Å². The molecule has 0 aromatic heterocycles. The van der Waals surface area contributed by atoms with Crippen LogP contribution >= 0.6 is 11.6 Å². The van der Waals surface area contributed by atoms with E-state index in [0.717, 1.165) is 44.1 Å². The maximum Gasteiger partial charge on any atom is 0.240 e. The number of likely N-dealkylation sites (tertiary alicyclic amines) is 1. The molecule has 1 fully saturated rings. The molecule has 124 valence electrons. The predicted molar refractivity (Wildman–Crippen MR) is 86.1 cm³/mol. The van der Waals surface area contributed by atoms with Crippen molar-refractivity contribution in [1.82, 2.24) is 9.62 Å². The van der Waals surface area contributed by atoms with Crippen LogP contribution in [0.3, 0.4) is 0 Å². The van der Waals surface area contributed by atoms with Crippen molar-refractivity contribution in [1.29, 1.82) is 0 Å². The number of hydrogen-bond acceptors (Lipinski definition) is 3. The second kappa shape index (κ2) is 7.73. The van der Waals surface area contributed by atoms with Crippen molar-refractivity contribution in [2.45, 2.75) is 31.1 Å². The molecule has 4 nitrogen and oxygen atoms in total. The van der Waals surface area contributed by atoms with Gasteiger partial charge in [0.15, 0.2) is 0 Å². The van der Waals surface area contributed by atoms with Gasteiger partial charge < -0.3 is 4.90 Å². The first-order chi connectivity index (χ1) is 10.4. The third-order valence-corrected chi connectivity index (χ3v) is 5.77. The number of nitrogens with zero attached hydrogens (tertiary/aromatic N) is 1. The molecule has 2 rings (SSSR count). The van der Waals surface area contributed by atoms with Crippen LogP contribution in [0.5, 0.6) is 0 Å². The number of halogens is 2. The Morgan fingerprint density at radius 2 is 2.05 bits per heavy atom. The molecule has 1 aliphatic rings. The molecule has 1 saturated heterocycles. The van der Waals surface area contributed by atoms with Crippen LogP contribution in [0.25, 0.3) is 0 Å². The highest BCUT2D eigenvalue weighted by atomic mass is 35.5. The third-order valence-electron chi connectivity index (χ3n) is 4.02. The van der Waals surface area contributed by atoms with Crippen LogP contribution in [0.15, 0.2) is 23.1 Å². The maximum atomic E-state index is 13.1. The molecular formula is C15H22ClFN2O2S. The Kier molecular flexibility index (Phi) is 6.20. The Bertz CT molecular complexity index is 602. The molecule has 1 heterocycles. The number of nitrogens with one attached hydrogen (secondary N) is 1. The molecule has 0 saturated carbocycles. The largest absolute Gasteiger partial charge is 0.303 e. The summed E-state index contributed by atoms with van der Waals surface area (Å²) in [5.74, 6) is 0.165. The summed E-state index contributed by atoms with van der Waals surface area (Å²) in [4.78, 5) is 2.36. The summed E-state index contributed by atoms with van der Waals surface area (Å²) in [6.45, 7) is 5.69. The lowest BCUT2D eigenvalue weighted by molar-refractivity contribution is 0.191. The molecule has 0 unspecified atom stereocenters. The van der Waals surface area contributed by atoms with Gasteiger partial charge in [-0.25, -0.2) is 17.5 Å². The highest BCUT2D eigenvalue weighted by Gasteiger charge is 2.17. The summed E-state index contributed by atoms with van der Waals surface area (Å²) in [7, 11) is -3.63. The minimum Gasteiger partial charge on any atom is -0.303 e. The Morgan fingerprint density at radius 1 is 1.36 bits per heavy atom. The average molecular weight is 349 g/mol. The van der Waals surface area contributed by atoms with Gasteiger partial charge in [-0.2, -0.15) is 0 Å². The number of rotatable bonds is 6. The summed E-state index contributed by atoms with van der Waals surface area (Å²) < 4.78 is 39.8. The van der Waals surface area contributed by atoms with Gasteiger partial charge in [0.1, 0.15) is 5.82 Å². The quantitative estimate of drug-likeness (QED) is 0.804. The van der Waals surface area contributed by atoms with E-state index in [1.165, 1.54) is 18.9 Å². The number of hydrogen-bond donors (Lipinski definition) is 1. The fourth-order valence-electron chi connectivity index (χ4n) is 2.52. The van der Waals surface area contributed by atoms with E-state index < -0.39 is 15.8 Å². The molecule has 0 spiro atoms. The normalized spacial score (nSPS) is 17.8. The highest BCUT2D eigenvalue weighted by molar-refractivity contribution is 7.89. The van der Waals surface area contributed by atoms with E-state index in [0.29, 0.717) is 6.54 Å². The van der Waals surface area contributed by atoms with Gasteiger partial charge in [0, 0.05) is 6.54 Å². The zero-order valence-electron chi connectivity index (χ0n) is 12.7. The molecule has 0 amide bonds. The van der Waals surface area contributed by atoms with Gasteiger partial charge in [-0.05, 0) is 63.0 Å². The summed E-state index contributed by atoms with van der Waals surface area (Å²) in [5, 5.41) is -0.190. The van der Waals surface area contributed by atoms with Crippen LogP contribution in [0.2, 0.25) is 5.02 Å². The van der Waals surface area contributed by atoms with E-state index >= 15 is 0 Å². The molecule has 1 aliphatic heterocycles. The van der Waals surface area contributed by atoms with Gasteiger partial charge >= 0.3 is 0 Å². The minimum absolute atomic E-state index is 0.00861. The number of benzene rings is 1. The van der Waals surface area contributed by atoms with E-state index in [-0.39, 0.29) is 9.92 Å². The Morgan fingerprint density at radius 3 is 2.68 bits per heavy atom. The Balaban J connectivity index is 1.79. The van der Waals surface area contributed by atoms with Gasteiger partial charge in [-0.3, -0.25) is 0 Å². The first-order valence-electron chi connectivity index (χ1n) is 7.55. The molecule has 1 N–H and O–H groups in total. The molecule has 22 heavy (non-hydrogen) atoms. The summed E-state index contributed by atoms with van der Waals surface area (Å²) in [6.07, 6.45) is 3.17. The number of piperidine rings is 1. The van der Waals surface area contributed by atoms with Crippen molar-refractivity contribution >= 4 is 21.6 Å². The van der Waals surface area contributed by atoms with E-state index in [1.807, 2.05) is 0 Å². The SMILES string of the molecule is CC1CCN(CCCNS(=O)(=O)c2ccc(F)c(Cl)c2)CC1. The van der Waals surface area contributed by atoms with Gasteiger partial charge in [-0.1, -0.05) is 18.5 Å². The molecule has 1 aromatic carbocycles. The summed E-state index contributed by atoms with van der Waals surface area (Å²) in [6, 6.07) is 3.41. The fraction of sp³-hybridized carbons (Fsp3) is 0.600. The second-order valence-corrected chi connectivity index (χ2v) is 8.03. The van der Waals surface area contributed by atoms with E-state index in [4.69, 9.17) is 11.6 Å². The van der Waals surface area contributed by atoms with Crippen molar-refractivity contribution < 1.29 is 12.8 Å². The van der Waals surface area contributed by atoms with Crippen LogP contribution in [-0.2, 0) is 10.0 Å². The lowest BCUT2D eigenvalue weighted by atomic mass is 9.99. The molecule has 0 radical (unpaired) electrons. The van der Waals surface area contributed by atoms with Crippen LogP contribution in [0.4, 0.5) is 4.39 Å². The van der Waals surface area contributed by atoms with Crippen molar-refractivity contribution in [3.05, 3.63) is 29.0 Å². The lowest BCUT2D eigenvalue weighted by Crippen LogP contribution is -2.35. The van der Waals surface area contributed by atoms with Gasteiger partial charge in [0.05, 0.1) is 9.92 Å². The average Bonchev–Trinajstić information content (AvgIpc) is 2.48. The van der Waals surface area contributed by atoms with Gasteiger partial charge in [0.25, 0.3) is 0 Å². The molecule has 0 aliphatic carbocycles. The van der Waals surface area contributed by atoms with Crippen LogP contribution in [-0.4, -0.2) is 39.5 Å². The molecule has 1 aromatic rings. The topological polar surface area (TPSA) is 49.4 Å². The summed E-state index contributed by atoms with van der Waals surface area (Å²) >= 11 is 5.62. The maximum absolute atomic E-state index is 13.1. The van der Waals surface area contributed by atoms with Crippen molar-refractivity contribution in [2.24, 2.45) is 5.92 Å². The first kappa shape index (κ1) is 17.7. The number of sulfonamides is 1. The highest BCUT2D eigenvalue weighted by Crippen LogP contribution is 2.19. The van der Waals surface area contributed by atoms with E-state index in [1.54, 1.807) is 0 Å². The predicted octanol–water partition coefficient (Wildman–Crippen LogP) is 2.88. The van der Waals surface area contributed by atoms with Crippen molar-refractivity contribution in [2.75, 3.05) is 26.2 Å². The van der Waals surface area contributed by atoms with Gasteiger partial charge in [-0.15, -0.1) is 0 Å². The smallest absolute Gasteiger partial charge is 0.240 e. The lowest BCUT2D eigenvalue weighted by Gasteiger charge is -2.30. The molecular weight excluding hydrogens is 327 g/mol. The second-order valence-electron chi connectivity index (χ2n) is 5.85. The van der Waals surface area contributed by atoms with E-state index in [9.17, 15) is 12.8 Å². The van der Waals surface area contributed by atoms with Crippen molar-refractivity contribution in [3.63, 3.8) is 0 Å². The minimum atomic E-state index is -3.63. The third kappa shape index (κ3) is 4.91. The van der Waals surface area contributed by atoms with Crippen LogP contribution < -0.4 is 4.72 Å². The fourth-order valence-corrected chi connectivity index (χ4v) is 3.87. The first-order valence-corrected chi connectivity index (χ1v) is 9.41. The van der Waals surface area contributed by atoms with Gasteiger partial charge in [0.2, 0.25) is 10.0 Å².